The van der Waals surface area contributed by atoms with Crippen molar-refractivity contribution >= 4 is 38.9 Å². The zero-order valence-corrected chi connectivity index (χ0v) is 16.6. The van der Waals surface area contributed by atoms with E-state index in [9.17, 15) is 4.79 Å². The number of carbonyl (C=O) groups excluding carboxylic acids is 1. The van der Waals surface area contributed by atoms with Crippen molar-refractivity contribution in [3.05, 3.63) is 57.8 Å². The van der Waals surface area contributed by atoms with Crippen LogP contribution in [0.5, 0.6) is 0 Å². The lowest BCUT2D eigenvalue weighted by Crippen LogP contribution is -2.43. The molecule has 1 saturated heterocycles. The third-order valence-corrected chi connectivity index (χ3v) is 6.45. The standard InChI is InChI=1S/C20H21ClN2O3S/c1-13-6-7-16(26-13)15(23-8-10-25-11-9-23)12-22-20(24)19-18(21)14-4-2-3-5-17(14)27-19/h2-7,15H,8-12H2,1H3,(H,22,24). The van der Waals surface area contributed by atoms with Crippen molar-refractivity contribution in [2.75, 3.05) is 32.8 Å². The Bertz CT molecular complexity index is 946. The Morgan fingerprint density at radius 3 is 2.74 bits per heavy atom. The zero-order valence-electron chi connectivity index (χ0n) is 15.0. The van der Waals surface area contributed by atoms with Gasteiger partial charge in [0.25, 0.3) is 5.91 Å². The molecule has 1 aliphatic rings. The van der Waals surface area contributed by atoms with Gasteiger partial charge in [-0.3, -0.25) is 9.69 Å². The number of nitrogens with one attached hydrogen (secondary N) is 1. The number of hydrogen-bond donors (Lipinski definition) is 1. The van der Waals surface area contributed by atoms with E-state index < -0.39 is 0 Å². The van der Waals surface area contributed by atoms with E-state index >= 15 is 0 Å². The molecule has 1 fully saturated rings. The minimum absolute atomic E-state index is 0.0281. The van der Waals surface area contributed by atoms with Crippen LogP contribution in [0.3, 0.4) is 0 Å². The summed E-state index contributed by atoms with van der Waals surface area (Å²) in [4.78, 5) is 15.6. The smallest absolute Gasteiger partial charge is 0.263 e. The number of aryl methyl sites for hydroxylation is 1. The Morgan fingerprint density at radius 2 is 2.04 bits per heavy atom. The van der Waals surface area contributed by atoms with Gasteiger partial charge in [-0.15, -0.1) is 11.3 Å². The summed E-state index contributed by atoms with van der Waals surface area (Å²) in [6, 6.07) is 11.7. The van der Waals surface area contributed by atoms with Crippen LogP contribution in [0.4, 0.5) is 0 Å². The Hall–Kier alpha value is -1.86. The van der Waals surface area contributed by atoms with E-state index in [1.165, 1.54) is 11.3 Å². The van der Waals surface area contributed by atoms with Gasteiger partial charge in [-0.1, -0.05) is 29.8 Å². The first-order chi connectivity index (χ1) is 13.1. The number of nitrogens with zero attached hydrogens (tertiary/aromatic N) is 1. The Kier molecular flexibility index (Phi) is 5.50. The van der Waals surface area contributed by atoms with Crippen LogP contribution in [0.2, 0.25) is 5.02 Å². The summed E-state index contributed by atoms with van der Waals surface area (Å²) in [5.41, 5.74) is 0. The monoisotopic (exact) mass is 404 g/mol. The highest BCUT2D eigenvalue weighted by atomic mass is 35.5. The van der Waals surface area contributed by atoms with Crippen molar-refractivity contribution in [3.63, 3.8) is 0 Å². The molecule has 0 saturated carbocycles. The minimum atomic E-state index is -0.150. The number of benzene rings is 1. The van der Waals surface area contributed by atoms with Gasteiger partial charge in [0.15, 0.2) is 0 Å². The molecule has 1 aromatic carbocycles. The lowest BCUT2D eigenvalue weighted by Gasteiger charge is -2.33. The first-order valence-corrected chi connectivity index (χ1v) is 10.2. The summed E-state index contributed by atoms with van der Waals surface area (Å²) >= 11 is 7.86. The summed E-state index contributed by atoms with van der Waals surface area (Å²) < 4.78 is 12.3. The number of ether oxygens (including phenoxy) is 1. The summed E-state index contributed by atoms with van der Waals surface area (Å²) in [5, 5.41) is 4.49. The van der Waals surface area contributed by atoms with Gasteiger partial charge in [-0.05, 0) is 25.1 Å². The average Bonchev–Trinajstić information content (AvgIpc) is 3.27. The lowest BCUT2D eigenvalue weighted by atomic mass is 10.1. The third kappa shape index (κ3) is 3.89. The second-order valence-corrected chi connectivity index (χ2v) is 7.99. The van der Waals surface area contributed by atoms with Crippen molar-refractivity contribution in [1.82, 2.24) is 10.2 Å². The van der Waals surface area contributed by atoms with Gasteiger partial charge in [0, 0.05) is 29.7 Å². The van der Waals surface area contributed by atoms with E-state index in [0.29, 0.717) is 29.7 Å². The van der Waals surface area contributed by atoms with Crippen LogP contribution in [0.15, 0.2) is 40.8 Å². The molecule has 0 spiro atoms. The van der Waals surface area contributed by atoms with Gasteiger partial charge in [-0.2, -0.15) is 0 Å². The van der Waals surface area contributed by atoms with E-state index in [1.807, 2.05) is 43.3 Å². The third-order valence-electron chi connectivity index (χ3n) is 4.77. The van der Waals surface area contributed by atoms with E-state index in [-0.39, 0.29) is 11.9 Å². The Labute approximate surface area is 166 Å². The quantitative estimate of drug-likeness (QED) is 0.690. The van der Waals surface area contributed by atoms with Gasteiger partial charge < -0.3 is 14.5 Å². The SMILES string of the molecule is Cc1ccc(C(CNC(=O)c2sc3ccccc3c2Cl)N2CCOCC2)o1. The molecule has 1 N–H and O–H groups in total. The summed E-state index contributed by atoms with van der Waals surface area (Å²) in [6.07, 6.45) is 0. The number of hydrogen-bond acceptors (Lipinski definition) is 5. The molecule has 0 bridgehead atoms. The molecule has 3 heterocycles. The van der Waals surface area contributed by atoms with Crippen LogP contribution in [0.25, 0.3) is 10.1 Å². The van der Waals surface area contributed by atoms with Gasteiger partial charge in [0.05, 0.1) is 24.3 Å². The van der Waals surface area contributed by atoms with E-state index in [0.717, 1.165) is 34.7 Å². The molecule has 0 aliphatic carbocycles. The first-order valence-electron chi connectivity index (χ1n) is 8.97. The average molecular weight is 405 g/mol. The minimum Gasteiger partial charge on any atom is -0.465 e. The number of fused-ring (bicyclic) bond motifs is 1. The highest BCUT2D eigenvalue weighted by Crippen LogP contribution is 2.35. The van der Waals surface area contributed by atoms with Crippen LogP contribution in [0, 0.1) is 6.92 Å². The molecule has 27 heavy (non-hydrogen) atoms. The molecular formula is C20H21ClN2O3S. The fourth-order valence-corrected chi connectivity index (χ4v) is 4.79. The van der Waals surface area contributed by atoms with Crippen molar-refractivity contribution in [3.8, 4) is 0 Å². The van der Waals surface area contributed by atoms with E-state index in [2.05, 4.69) is 10.2 Å². The maximum Gasteiger partial charge on any atom is 0.263 e. The number of thiophene rings is 1. The first kappa shape index (κ1) is 18.5. The molecule has 7 heteroatoms. The van der Waals surface area contributed by atoms with Crippen molar-refractivity contribution < 1.29 is 13.9 Å². The van der Waals surface area contributed by atoms with Crippen LogP contribution < -0.4 is 5.32 Å². The molecule has 1 atom stereocenters. The van der Waals surface area contributed by atoms with Crippen molar-refractivity contribution in [2.24, 2.45) is 0 Å². The maximum atomic E-state index is 12.8. The molecule has 1 aliphatic heterocycles. The number of furan rings is 1. The predicted octanol–water partition coefficient (Wildman–Crippen LogP) is 4.26. The molecule has 5 nitrogen and oxygen atoms in total. The Morgan fingerprint density at radius 1 is 1.26 bits per heavy atom. The number of carbonyl (C=O) groups is 1. The van der Waals surface area contributed by atoms with Gasteiger partial charge in [-0.25, -0.2) is 0 Å². The summed E-state index contributed by atoms with van der Waals surface area (Å²) in [7, 11) is 0. The Balaban J connectivity index is 1.52. The summed E-state index contributed by atoms with van der Waals surface area (Å²) in [6.45, 7) is 5.37. The number of rotatable bonds is 5. The maximum absolute atomic E-state index is 12.8. The highest BCUT2D eigenvalue weighted by molar-refractivity contribution is 7.21. The highest BCUT2D eigenvalue weighted by Gasteiger charge is 2.26. The lowest BCUT2D eigenvalue weighted by molar-refractivity contribution is 0.0117. The molecule has 4 rings (SSSR count). The predicted molar refractivity (Wildman–Crippen MR) is 108 cm³/mol. The largest absolute Gasteiger partial charge is 0.465 e. The molecule has 3 aromatic rings. The zero-order chi connectivity index (χ0) is 18.8. The number of halogens is 1. The normalized spacial score (nSPS) is 16.5. The number of morpholine rings is 1. The molecular weight excluding hydrogens is 384 g/mol. The van der Waals surface area contributed by atoms with Crippen LogP contribution in [-0.4, -0.2) is 43.7 Å². The molecule has 2 aromatic heterocycles. The van der Waals surface area contributed by atoms with Crippen LogP contribution >= 0.6 is 22.9 Å². The van der Waals surface area contributed by atoms with Gasteiger partial charge in [0.2, 0.25) is 0 Å². The van der Waals surface area contributed by atoms with Crippen molar-refractivity contribution in [1.29, 1.82) is 0 Å². The molecule has 1 amide bonds. The fourth-order valence-electron chi connectivity index (χ4n) is 3.36. The van der Waals surface area contributed by atoms with Crippen LogP contribution in [-0.2, 0) is 4.74 Å². The summed E-state index contributed by atoms with van der Waals surface area (Å²) in [5.74, 6) is 1.57. The fraction of sp³-hybridized carbons (Fsp3) is 0.350. The van der Waals surface area contributed by atoms with Gasteiger partial charge in [0.1, 0.15) is 16.4 Å². The molecule has 0 radical (unpaired) electrons. The topological polar surface area (TPSA) is 54.7 Å². The van der Waals surface area contributed by atoms with Crippen LogP contribution in [0.1, 0.15) is 27.2 Å². The number of amides is 1. The van der Waals surface area contributed by atoms with Gasteiger partial charge >= 0.3 is 0 Å². The second kappa shape index (κ2) is 8.02. The molecule has 1 unspecified atom stereocenters. The second-order valence-electron chi connectivity index (χ2n) is 6.56. The van der Waals surface area contributed by atoms with Crippen molar-refractivity contribution in [2.45, 2.75) is 13.0 Å². The molecule has 142 valence electrons. The van der Waals surface area contributed by atoms with E-state index in [4.69, 9.17) is 20.8 Å². The van der Waals surface area contributed by atoms with E-state index in [1.54, 1.807) is 0 Å².